The van der Waals surface area contributed by atoms with Crippen molar-refractivity contribution in [2.24, 2.45) is 17.6 Å². The van der Waals surface area contributed by atoms with E-state index in [1.165, 1.54) is 36.8 Å². The molecular formula is C19H32N2. The van der Waals surface area contributed by atoms with Crippen LogP contribution >= 0.6 is 0 Å². The van der Waals surface area contributed by atoms with Crippen LogP contribution in [0, 0.1) is 18.8 Å². The molecule has 1 aliphatic rings. The highest BCUT2D eigenvalue weighted by atomic mass is 15.2. The van der Waals surface area contributed by atoms with E-state index in [9.17, 15) is 0 Å². The first kappa shape index (κ1) is 16.5. The van der Waals surface area contributed by atoms with Crippen LogP contribution in [0.4, 0.5) is 0 Å². The molecule has 0 radical (unpaired) electrons. The van der Waals surface area contributed by atoms with Gasteiger partial charge in [-0.1, -0.05) is 43.7 Å². The van der Waals surface area contributed by atoms with E-state index in [0.29, 0.717) is 0 Å². The molecule has 2 heteroatoms. The highest BCUT2D eigenvalue weighted by molar-refractivity contribution is 5.21. The normalized spacial score (nSPS) is 26.5. The SMILES string of the molecule is Cc1ccc(CN(C)C2(CN)CCC(C(C)C)CC2)cc1. The van der Waals surface area contributed by atoms with Gasteiger partial charge in [-0.2, -0.15) is 0 Å². The summed E-state index contributed by atoms with van der Waals surface area (Å²) in [5, 5.41) is 0. The van der Waals surface area contributed by atoms with Crippen molar-refractivity contribution >= 4 is 0 Å². The number of nitrogens with zero attached hydrogens (tertiary/aromatic N) is 1. The molecule has 1 aliphatic carbocycles. The predicted octanol–water partition coefficient (Wildman–Crippen LogP) is 3.97. The van der Waals surface area contributed by atoms with Crippen molar-refractivity contribution in [1.29, 1.82) is 0 Å². The van der Waals surface area contributed by atoms with E-state index >= 15 is 0 Å². The van der Waals surface area contributed by atoms with Crippen LogP contribution in [0.1, 0.15) is 50.7 Å². The fraction of sp³-hybridized carbons (Fsp3) is 0.684. The van der Waals surface area contributed by atoms with E-state index in [0.717, 1.165) is 24.9 Å². The molecule has 0 spiro atoms. The standard InChI is InChI=1S/C19H32N2/c1-15(2)18-9-11-19(14-20,12-10-18)21(4)13-17-7-5-16(3)6-8-17/h5-8,15,18H,9-14,20H2,1-4H3. The number of likely N-dealkylation sites (N-methyl/N-ethyl adjacent to an activating group) is 1. The van der Waals surface area contributed by atoms with Crippen molar-refractivity contribution in [2.75, 3.05) is 13.6 Å². The Hall–Kier alpha value is -0.860. The minimum absolute atomic E-state index is 0.205. The largest absolute Gasteiger partial charge is 0.329 e. The van der Waals surface area contributed by atoms with Gasteiger partial charge in [0.1, 0.15) is 0 Å². The zero-order valence-electron chi connectivity index (χ0n) is 14.2. The first-order valence-corrected chi connectivity index (χ1v) is 8.44. The van der Waals surface area contributed by atoms with Crippen LogP contribution in [-0.4, -0.2) is 24.0 Å². The molecule has 2 N–H and O–H groups in total. The Kier molecular flexibility index (Phi) is 5.45. The van der Waals surface area contributed by atoms with Gasteiger partial charge in [0.2, 0.25) is 0 Å². The molecule has 0 bridgehead atoms. The Bertz CT molecular complexity index is 427. The van der Waals surface area contributed by atoms with Gasteiger partial charge in [-0.15, -0.1) is 0 Å². The third-order valence-electron chi connectivity index (χ3n) is 5.63. The summed E-state index contributed by atoms with van der Waals surface area (Å²) in [6.45, 7) is 8.64. The second kappa shape index (κ2) is 6.93. The number of rotatable bonds is 5. The van der Waals surface area contributed by atoms with Crippen LogP contribution < -0.4 is 5.73 Å². The molecule has 1 aromatic carbocycles. The fourth-order valence-corrected chi connectivity index (χ4v) is 3.72. The summed E-state index contributed by atoms with van der Waals surface area (Å²) in [4.78, 5) is 2.51. The van der Waals surface area contributed by atoms with Crippen molar-refractivity contribution in [3.63, 3.8) is 0 Å². The van der Waals surface area contributed by atoms with E-state index < -0.39 is 0 Å². The summed E-state index contributed by atoms with van der Waals surface area (Å²) >= 11 is 0. The van der Waals surface area contributed by atoms with Gasteiger partial charge in [0.05, 0.1) is 0 Å². The summed E-state index contributed by atoms with van der Waals surface area (Å²) in [5.41, 5.74) is 9.12. The number of nitrogens with two attached hydrogens (primary N) is 1. The monoisotopic (exact) mass is 288 g/mol. The second-order valence-corrected chi connectivity index (χ2v) is 7.35. The van der Waals surface area contributed by atoms with E-state index in [1.807, 2.05) is 0 Å². The maximum absolute atomic E-state index is 6.20. The van der Waals surface area contributed by atoms with Gasteiger partial charge in [0, 0.05) is 18.6 Å². The zero-order valence-corrected chi connectivity index (χ0v) is 14.2. The van der Waals surface area contributed by atoms with Gasteiger partial charge >= 0.3 is 0 Å². The Balaban J connectivity index is 2.01. The van der Waals surface area contributed by atoms with E-state index in [1.54, 1.807) is 0 Å². The number of aryl methyl sites for hydroxylation is 1. The van der Waals surface area contributed by atoms with Gasteiger partial charge < -0.3 is 5.73 Å². The van der Waals surface area contributed by atoms with Gasteiger partial charge in [-0.3, -0.25) is 4.90 Å². The molecule has 0 amide bonds. The Labute approximate surface area is 130 Å². The van der Waals surface area contributed by atoms with Gasteiger partial charge in [-0.25, -0.2) is 0 Å². The van der Waals surface area contributed by atoms with Crippen molar-refractivity contribution in [1.82, 2.24) is 4.90 Å². The summed E-state index contributed by atoms with van der Waals surface area (Å²) in [5.74, 6) is 1.70. The molecule has 1 saturated carbocycles. The average Bonchev–Trinajstić information content (AvgIpc) is 2.49. The van der Waals surface area contributed by atoms with E-state index in [4.69, 9.17) is 5.73 Å². The molecule has 1 aromatic rings. The third kappa shape index (κ3) is 3.87. The molecule has 0 aromatic heterocycles. The maximum atomic E-state index is 6.20. The maximum Gasteiger partial charge on any atom is 0.0332 e. The van der Waals surface area contributed by atoms with Crippen LogP contribution in [0.5, 0.6) is 0 Å². The lowest BCUT2D eigenvalue weighted by Crippen LogP contribution is -2.54. The highest BCUT2D eigenvalue weighted by Crippen LogP contribution is 2.38. The predicted molar refractivity (Wildman–Crippen MR) is 91.2 cm³/mol. The second-order valence-electron chi connectivity index (χ2n) is 7.35. The van der Waals surface area contributed by atoms with Crippen molar-refractivity contribution in [2.45, 2.75) is 58.5 Å². The fourth-order valence-electron chi connectivity index (χ4n) is 3.72. The molecule has 2 rings (SSSR count). The quantitative estimate of drug-likeness (QED) is 0.888. The number of hydrogen-bond acceptors (Lipinski definition) is 2. The van der Waals surface area contributed by atoms with Crippen molar-refractivity contribution < 1.29 is 0 Å². The zero-order chi connectivity index (χ0) is 15.5. The lowest BCUT2D eigenvalue weighted by Gasteiger charge is -2.47. The summed E-state index contributed by atoms with van der Waals surface area (Å²) in [6.07, 6.45) is 5.14. The highest BCUT2D eigenvalue weighted by Gasteiger charge is 2.38. The van der Waals surface area contributed by atoms with Crippen molar-refractivity contribution in [3.05, 3.63) is 35.4 Å². The smallest absolute Gasteiger partial charge is 0.0332 e. The third-order valence-corrected chi connectivity index (χ3v) is 5.63. The van der Waals surface area contributed by atoms with E-state index in [-0.39, 0.29) is 5.54 Å². The van der Waals surface area contributed by atoms with Crippen molar-refractivity contribution in [3.8, 4) is 0 Å². The van der Waals surface area contributed by atoms with Crippen LogP contribution in [0.15, 0.2) is 24.3 Å². The van der Waals surface area contributed by atoms with Crippen LogP contribution in [-0.2, 0) is 6.54 Å². The molecule has 0 atom stereocenters. The van der Waals surface area contributed by atoms with Gasteiger partial charge in [-0.05, 0) is 57.1 Å². The average molecular weight is 288 g/mol. The van der Waals surface area contributed by atoms with Gasteiger partial charge in [0.15, 0.2) is 0 Å². The lowest BCUT2D eigenvalue weighted by molar-refractivity contribution is 0.0498. The molecule has 0 heterocycles. The van der Waals surface area contributed by atoms with E-state index in [2.05, 4.69) is 57.0 Å². The van der Waals surface area contributed by atoms with Crippen LogP contribution in [0.25, 0.3) is 0 Å². The summed E-state index contributed by atoms with van der Waals surface area (Å²) in [7, 11) is 2.25. The molecule has 0 unspecified atom stereocenters. The Morgan fingerprint density at radius 1 is 1.19 bits per heavy atom. The molecule has 0 aliphatic heterocycles. The first-order valence-electron chi connectivity index (χ1n) is 8.44. The molecular weight excluding hydrogens is 256 g/mol. The molecule has 0 saturated heterocycles. The molecule has 21 heavy (non-hydrogen) atoms. The van der Waals surface area contributed by atoms with Crippen LogP contribution in [0.2, 0.25) is 0 Å². The van der Waals surface area contributed by atoms with Gasteiger partial charge in [0.25, 0.3) is 0 Å². The summed E-state index contributed by atoms with van der Waals surface area (Å²) < 4.78 is 0. The minimum Gasteiger partial charge on any atom is -0.329 e. The Morgan fingerprint density at radius 2 is 1.76 bits per heavy atom. The molecule has 118 valence electrons. The minimum atomic E-state index is 0.205. The topological polar surface area (TPSA) is 29.3 Å². The molecule has 1 fully saturated rings. The summed E-state index contributed by atoms with van der Waals surface area (Å²) in [6, 6.07) is 8.90. The Morgan fingerprint density at radius 3 is 2.24 bits per heavy atom. The number of benzene rings is 1. The van der Waals surface area contributed by atoms with Crippen LogP contribution in [0.3, 0.4) is 0 Å². The number of hydrogen-bond donors (Lipinski definition) is 1. The first-order chi connectivity index (χ1) is 9.97. The molecule has 2 nitrogen and oxygen atoms in total. The lowest BCUT2D eigenvalue weighted by atomic mass is 9.72.